The van der Waals surface area contributed by atoms with E-state index in [9.17, 15) is 19.2 Å². The third kappa shape index (κ3) is 19.5. The second kappa shape index (κ2) is 38.9. The van der Waals surface area contributed by atoms with Crippen LogP contribution < -0.4 is 0 Å². The van der Waals surface area contributed by atoms with E-state index in [1.165, 1.54) is 52.0 Å². The number of carbonyl (C=O) groups is 4. The Balaban J connectivity index is 0.000000162. The van der Waals surface area contributed by atoms with Crippen molar-refractivity contribution in [3.63, 3.8) is 0 Å². The Labute approximate surface area is 616 Å². The first kappa shape index (κ1) is 74.9. The lowest BCUT2D eigenvalue weighted by Crippen LogP contribution is -2.27. The van der Waals surface area contributed by atoms with Crippen LogP contribution in [0.3, 0.4) is 0 Å². The van der Waals surface area contributed by atoms with Gasteiger partial charge in [0.25, 0.3) is 0 Å². The summed E-state index contributed by atoms with van der Waals surface area (Å²) in [6, 6.07) is 124. The van der Waals surface area contributed by atoms with Crippen molar-refractivity contribution >= 4 is 116 Å². The molecule has 97 heavy (non-hydrogen) atoms. The summed E-state index contributed by atoms with van der Waals surface area (Å²) >= 11 is 18.2. The molecule has 0 bridgehead atoms. The minimum absolute atomic E-state index is 0.0162. The molecule has 0 aromatic heterocycles. The molecule has 0 saturated heterocycles. The van der Waals surface area contributed by atoms with Crippen LogP contribution in [0.1, 0.15) is 93.5 Å². The number of thiol groups is 1. The zero-order valence-electron chi connectivity index (χ0n) is 53.9. The second-order valence-corrected chi connectivity index (χ2v) is 28.4. The number of hydrogen-bond donors (Lipinski definition) is 1. The van der Waals surface area contributed by atoms with E-state index < -0.39 is 19.0 Å². The fourth-order valence-corrected chi connectivity index (χ4v) is 15.8. The molecular weight excluding hydrogens is 1460 g/mol. The molecule has 11 heteroatoms. The first-order chi connectivity index (χ1) is 47.4. The predicted octanol–water partition coefficient (Wildman–Crippen LogP) is 23.1. The monoisotopic (exact) mass is 1540 g/mol. The largest absolute Gasteiger partial charge is 0.287 e. The second-order valence-electron chi connectivity index (χ2n) is 21.9. The average Bonchev–Trinajstić information content (AvgIpc) is 0.781. The van der Waals surface area contributed by atoms with Gasteiger partial charge in [0.2, 0.25) is 9.81 Å². The Morgan fingerprint density at radius 2 is 0.392 bits per heavy atom. The molecular formula is C86H75Br3O4S4. The minimum Gasteiger partial charge on any atom is -0.287 e. The van der Waals surface area contributed by atoms with Gasteiger partial charge in [-0.05, 0) is 82.7 Å². The van der Waals surface area contributed by atoms with E-state index in [1.807, 2.05) is 196 Å². The van der Waals surface area contributed by atoms with Crippen LogP contribution in [0.15, 0.2) is 364 Å². The maximum absolute atomic E-state index is 12.5. The number of carbonyl (C=O) groups excluding carboxylic acids is 4. The smallest absolute Gasteiger partial charge is 0.208 e. The standard InChI is InChI=1S/2C22H20OS.C21H17BrOS.C19H16S.C2H2Br2O/c2*1-2-21(23)24-22(18-12-6-3-7-13-18,19-14-8-4-9-15-19)20-16-10-5-11-17-20;22-16-20(23)24-21(17-10-4-1-5-11-17,18-12-6-2-7-13-18)19-14-8-3-9-15-19;20-19(16-10-4-1-5-11-16,17-12-6-2-7-13-17)18-14-8-3-9-15-18;3-1-2(4)5/h2*3-17H,2H2,1H3;1-15H,16H2;1-15,20H;1H2. The SMILES string of the molecule is CCC(=O)SC(c1ccccc1)(c1ccccc1)c1ccccc1.CCC(=O)SC(c1ccccc1)(c1ccccc1)c1ccccc1.O=C(Br)CBr.O=C(CBr)SC(c1ccccc1)(c1ccccc1)c1ccccc1.SC(c1ccccc1)(c1ccccc1)c1ccccc1. The highest BCUT2D eigenvalue weighted by Crippen LogP contribution is 2.52. The number of thioether (sulfide) groups is 3. The van der Waals surface area contributed by atoms with Gasteiger partial charge in [-0.1, -0.05) is 445 Å². The molecule has 0 heterocycles. The highest BCUT2D eigenvalue weighted by molar-refractivity contribution is 9.19. The van der Waals surface area contributed by atoms with E-state index in [4.69, 9.17) is 12.6 Å². The molecule has 4 nitrogen and oxygen atoms in total. The van der Waals surface area contributed by atoms with Crippen molar-refractivity contribution in [3.8, 4) is 0 Å². The van der Waals surface area contributed by atoms with Crippen molar-refractivity contribution in [2.45, 2.75) is 45.7 Å². The summed E-state index contributed by atoms with van der Waals surface area (Å²) in [5.74, 6) is 0. The third-order valence-electron chi connectivity index (χ3n) is 15.8. The summed E-state index contributed by atoms with van der Waals surface area (Å²) in [5.41, 5.74) is 13.6. The predicted molar refractivity (Wildman–Crippen MR) is 426 cm³/mol. The fourth-order valence-electron chi connectivity index (χ4n) is 11.3. The highest BCUT2D eigenvalue weighted by Gasteiger charge is 2.42. The van der Waals surface area contributed by atoms with E-state index in [-0.39, 0.29) is 20.0 Å². The zero-order valence-corrected chi connectivity index (χ0v) is 62.0. The van der Waals surface area contributed by atoms with E-state index in [2.05, 4.69) is 230 Å². The van der Waals surface area contributed by atoms with Gasteiger partial charge < -0.3 is 0 Å². The quantitative estimate of drug-likeness (QED) is 0.0374. The van der Waals surface area contributed by atoms with Crippen molar-refractivity contribution in [3.05, 3.63) is 431 Å². The molecule has 488 valence electrons. The topological polar surface area (TPSA) is 68.3 Å². The van der Waals surface area contributed by atoms with Crippen LogP contribution in [-0.4, -0.2) is 30.7 Å². The van der Waals surface area contributed by atoms with Gasteiger partial charge in [-0.2, -0.15) is 12.6 Å². The van der Waals surface area contributed by atoms with Crippen molar-refractivity contribution in [1.82, 2.24) is 0 Å². The molecule has 0 radical (unpaired) electrons. The van der Waals surface area contributed by atoms with Crippen LogP contribution in [0, 0.1) is 0 Å². The number of benzene rings is 12. The lowest BCUT2D eigenvalue weighted by atomic mass is 9.84. The molecule has 0 N–H and O–H groups in total. The van der Waals surface area contributed by atoms with Crippen molar-refractivity contribution in [2.75, 3.05) is 10.7 Å². The lowest BCUT2D eigenvalue weighted by molar-refractivity contribution is -0.111. The Bertz CT molecular complexity index is 3530. The molecule has 0 amide bonds. The summed E-state index contributed by atoms with van der Waals surface area (Å²) in [6.45, 7) is 3.84. The van der Waals surface area contributed by atoms with E-state index in [1.54, 1.807) is 0 Å². The summed E-state index contributed by atoms with van der Waals surface area (Å²) < 4.78 is -2.07. The van der Waals surface area contributed by atoms with Crippen LogP contribution >= 0.6 is 95.7 Å². The van der Waals surface area contributed by atoms with Crippen LogP contribution in [0.5, 0.6) is 0 Å². The maximum atomic E-state index is 12.5. The molecule has 0 atom stereocenters. The number of halogens is 3. The van der Waals surface area contributed by atoms with Gasteiger partial charge >= 0.3 is 0 Å². The van der Waals surface area contributed by atoms with Crippen LogP contribution in [0.2, 0.25) is 0 Å². The molecule has 0 saturated carbocycles. The van der Waals surface area contributed by atoms with Gasteiger partial charge in [0, 0.05) is 12.8 Å². The van der Waals surface area contributed by atoms with Crippen LogP contribution in [0.25, 0.3) is 0 Å². The van der Waals surface area contributed by atoms with Gasteiger partial charge in [0.1, 0.15) is 0 Å². The van der Waals surface area contributed by atoms with E-state index in [0.29, 0.717) is 23.5 Å². The van der Waals surface area contributed by atoms with Crippen molar-refractivity contribution < 1.29 is 19.2 Å². The Hall–Kier alpha value is -7.84. The van der Waals surface area contributed by atoms with Gasteiger partial charge in [-0.3, -0.25) is 19.2 Å². The third-order valence-corrected chi connectivity index (χ3v) is 23.4. The molecule has 0 aliphatic rings. The summed E-state index contributed by atoms with van der Waals surface area (Å²) in [6.07, 6.45) is 1.03. The number of rotatable bonds is 19. The van der Waals surface area contributed by atoms with Crippen molar-refractivity contribution in [1.29, 1.82) is 0 Å². The van der Waals surface area contributed by atoms with Gasteiger partial charge in [-0.15, -0.1) is 0 Å². The summed E-state index contributed by atoms with van der Waals surface area (Å²) in [5, 5.41) is 1.20. The van der Waals surface area contributed by atoms with Gasteiger partial charge in [-0.25, -0.2) is 0 Å². The molecule has 0 aliphatic carbocycles. The van der Waals surface area contributed by atoms with Crippen LogP contribution in [0.4, 0.5) is 0 Å². The number of alkyl halides is 2. The summed E-state index contributed by atoms with van der Waals surface area (Å²) in [7, 11) is 0. The Morgan fingerprint density at radius 3 is 0.515 bits per heavy atom. The Morgan fingerprint density at radius 1 is 0.258 bits per heavy atom. The number of hydrogen-bond acceptors (Lipinski definition) is 8. The average molecular weight is 1540 g/mol. The van der Waals surface area contributed by atoms with E-state index >= 15 is 0 Å². The maximum Gasteiger partial charge on any atom is 0.208 e. The van der Waals surface area contributed by atoms with Gasteiger partial charge in [0.15, 0.2) is 10.2 Å². The molecule has 0 spiro atoms. The lowest BCUT2D eigenvalue weighted by Gasteiger charge is -2.34. The molecule has 12 aromatic carbocycles. The van der Waals surface area contributed by atoms with Crippen molar-refractivity contribution in [2.24, 2.45) is 0 Å². The van der Waals surface area contributed by atoms with E-state index in [0.717, 1.165) is 50.1 Å². The highest BCUT2D eigenvalue weighted by atomic mass is 79.9. The van der Waals surface area contributed by atoms with Gasteiger partial charge in [0.05, 0.1) is 29.6 Å². The van der Waals surface area contributed by atoms with Crippen LogP contribution in [-0.2, 0) is 38.2 Å². The summed E-state index contributed by atoms with van der Waals surface area (Å²) in [4.78, 5) is 47.2. The first-order valence-corrected chi connectivity index (χ1v) is 37.7. The molecule has 0 aliphatic heterocycles. The minimum atomic E-state index is -0.561. The first-order valence-electron chi connectivity index (χ1n) is 31.7. The molecule has 12 aromatic rings. The Kier molecular flexibility index (Phi) is 30.1. The fraction of sp³-hybridized carbons (Fsp3) is 0.116. The normalized spacial score (nSPS) is 11.0. The zero-order chi connectivity index (χ0) is 68.6. The molecule has 0 unspecified atom stereocenters. The molecule has 0 fully saturated rings. The molecule has 12 rings (SSSR count).